The summed E-state index contributed by atoms with van der Waals surface area (Å²) in [5.41, 5.74) is 2.75. The van der Waals surface area contributed by atoms with Gasteiger partial charge in [-0.25, -0.2) is 9.59 Å². The Hall–Kier alpha value is -2.21. The zero-order valence-corrected chi connectivity index (χ0v) is 14.8. The standard InChI is InChI=1S/C17H22ClN3O3/c1-11-14(16(22)24-10-4-9-18)15(20-17(23)19-11)12-5-7-13(8-6-12)21(2)3/h5-8,15H,4,9-10H2,1-3H3,(H2,19,20,23)/t15-/m0/s1. The van der Waals surface area contributed by atoms with Crippen molar-refractivity contribution >= 4 is 29.3 Å². The van der Waals surface area contributed by atoms with E-state index in [0.29, 0.717) is 23.6 Å². The van der Waals surface area contributed by atoms with Crippen molar-refractivity contribution < 1.29 is 14.3 Å². The van der Waals surface area contributed by atoms with Crippen LogP contribution in [-0.4, -0.2) is 38.6 Å². The van der Waals surface area contributed by atoms with E-state index in [9.17, 15) is 9.59 Å². The van der Waals surface area contributed by atoms with Crippen LogP contribution in [0.25, 0.3) is 0 Å². The molecule has 0 fully saturated rings. The summed E-state index contributed by atoms with van der Waals surface area (Å²) in [5, 5.41) is 5.41. The average molecular weight is 352 g/mol. The fourth-order valence-electron chi connectivity index (χ4n) is 2.48. The molecule has 2 rings (SSSR count). The molecule has 0 unspecified atom stereocenters. The maximum absolute atomic E-state index is 12.4. The molecular formula is C17H22ClN3O3. The SMILES string of the molecule is CC1=C(C(=O)OCCCCl)[C@H](c2ccc(N(C)C)cc2)NC(=O)N1. The van der Waals surface area contributed by atoms with Gasteiger partial charge in [0, 0.05) is 31.4 Å². The molecule has 2 N–H and O–H groups in total. The Kier molecular flexibility index (Phi) is 6.09. The van der Waals surface area contributed by atoms with Crippen LogP contribution in [0, 0.1) is 0 Å². The molecule has 1 atom stereocenters. The largest absolute Gasteiger partial charge is 0.462 e. The lowest BCUT2D eigenvalue weighted by molar-refractivity contribution is -0.139. The molecule has 0 spiro atoms. The van der Waals surface area contributed by atoms with Crippen LogP contribution in [0.1, 0.15) is 24.9 Å². The summed E-state index contributed by atoms with van der Waals surface area (Å²) >= 11 is 5.61. The number of halogens is 1. The normalized spacial score (nSPS) is 17.2. The number of hydrogen-bond donors (Lipinski definition) is 2. The van der Waals surface area contributed by atoms with E-state index in [1.165, 1.54) is 0 Å². The smallest absolute Gasteiger partial charge is 0.338 e. The van der Waals surface area contributed by atoms with Crippen LogP contribution in [0.5, 0.6) is 0 Å². The number of anilines is 1. The van der Waals surface area contributed by atoms with Gasteiger partial charge in [0.05, 0.1) is 18.2 Å². The van der Waals surface area contributed by atoms with Crippen molar-refractivity contribution in [3.05, 3.63) is 41.1 Å². The summed E-state index contributed by atoms with van der Waals surface area (Å²) in [6.07, 6.45) is 0.585. The van der Waals surface area contributed by atoms with Crippen molar-refractivity contribution in [2.75, 3.05) is 31.5 Å². The van der Waals surface area contributed by atoms with Crippen molar-refractivity contribution in [3.63, 3.8) is 0 Å². The molecule has 1 aliphatic heterocycles. The van der Waals surface area contributed by atoms with Gasteiger partial charge in [0.25, 0.3) is 0 Å². The Bertz CT molecular complexity index is 641. The van der Waals surface area contributed by atoms with E-state index in [0.717, 1.165) is 11.3 Å². The van der Waals surface area contributed by atoms with E-state index in [1.54, 1.807) is 6.92 Å². The summed E-state index contributed by atoms with van der Waals surface area (Å²) in [6, 6.07) is 6.78. The summed E-state index contributed by atoms with van der Waals surface area (Å²) in [4.78, 5) is 26.2. The highest BCUT2D eigenvalue weighted by atomic mass is 35.5. The van der Waals surface area contributed by atoms with Crippen LogP contribution in [0.15, 0.2) is 35.5 Å². The van der Waals surface area contributed by atoms with E-state index in [1.807, 2.05) is 43.3 Å². The fourth-order valence-corrected chi connectivity index (χ4v) is 2.59. The van der Waals surface area contributed by atoms with Crippen LogP contribution in [0.2, 0.25) is 0 Å². The molecule has 0 aliphatic carbocycles. The molecular weight excluding hydrogens is 330 g/mol. The van der Waals surface area contributed by atoms with Crippen molar-refractivity contribution in [1.82, 2.24) is 10.6 Å². The predicted octanol–water partition coefficient (Wildman–Crippen LogP) is 2.55. The van der Waals surface area contributed by atoms with E-state index in [-0.39, 0.29) is 12.6 Å². The number of ether oxygens (including phenoxy) is 1. The molecule has 1 aromatic carbocycles. The van der Waals surface area contributed by atoms with Gasteiger partial charge in [-0.15, -0.1) is 11.6 Å². The minimum Gasteiger partial charge on any atom is -0.462 e. The van der Waals surface area contributed by atoms with E-state index >= 15 is 0 Å². The van der Waals surface area contributed by atoms with Gasteiger partial charge in [-0.2, -0.15) is 0 Å². The molecule has 130 valence electrons. The third kappa shape index (κ3) is 4.20. The molecule has 0 radical (unpaired) electrons. The zero-order chi connectivity index (χ0) is 17.7. The molecule has 1 heterocycles. The number of rotatable bonds is 6. The Morgan fingerprint density at radius 3 is 2.54 bits per heavy atom. The highest BCUT2D eigenvalue weighted by Crippen LogP contribution is 2.28. The minimum atomic E-state index is -0.543. The number of nitrogens with zero attached hydrogens (tertiary/aromatic N) is 1. The number of alkyl halides is 1. The zero-order valence-electron chi connectivity index (χ0n) is 14.1. The highest BCUT2D eigenvalue weighted by Gasteiger charge is 2.32. The van der Waals surface area contributed by atoms with Gasteiger partial charge >= 0.3 is 12.0 Å². The summed E-state index contributed by atoms with van der Waals surface area (Å²) in [5.74, 6) is -0.0257. The number of carbonyl (C=O) groups excluding carboxylic acids is 2. The van der Waals surface area contributed by atoms with Crippen LogP contribution >= 0.6 is 11.6 Å². The van der Waals surface area contributed by atoms with Crippen LogP contribution in [-0.2, 0) is 9.53 Å². The lowest BCUT2D eigenvalue weighted by Gasteiger charge is -2.28. The number of carbonyl (C=O) groups is 2. The average Bonchev–Trinajstić information content (AvgIpc) is 2.54. The number of esters is 1. The minimum absolute atomic E-state index is 0.249. The molecule has 7 heteroatoms. The molecule has 1 aliphatic rings. The molecule has 0 saturated heterocycles. The van der Waals surface area contributed by atoms with Crippen molar-refractivity contribution in [2.24, 2.45) is 0 Å². The van der Waals surface area contributed by atoms with Crippen LogP contribution in [0.4, 0.5) is 10.5 Å². The number of nitrogens with one attached hydrogen (secondary N) is 2. The first-order valence-corrected chi connectivity index (χ1v) is 8.26. The Balaban J connectivity index is 2.28. The second kappa shape index (κ2) is 8.06. The van der Waals surface area contributed by atoms with Gasteiger partial charge < -0.3 is 20.3 Å². The first-order valence-electron chi connectivity index (χ1n) is 7.72. The Labute approximate surface area is 146 Å². The summed E-state index contributed by atoms with van der Waals surface area (Å²) < 4.78 is 5.26. The second-order valence-corrected chi connectivity index (χ2v) is 6.11. The Morgan fingerprint density at radius 2 is 1.96 bits per heavy atom. The third-order valence-corrected chi connectivity index (χ3v) is 4.01. The maximum Gasteiger partial charge on any atom is 0.338 e. The molecule has 2 amide bonds. The fraction of sp³-hybridized carbons (Fsp3) is 0.412. The molecule has 6 nitrogen and oxygen atoms in total. The van der Waals surface area contributed by atoms with E-state index in [2.05, 4.69) is 10.6 Å². The molecule has 0 aromatic heterocycles. The summed E-state index contributed by atoms with van der Waals surface area (Å²) in [7, 11) is 3.90. The number of amides is 2. The van der Waals surface area contributed by atoms with E-state index < -0.39 is 12.0 Å². The highest BCUT2D eigenvalue weighted by molar-refractivity contribution is 6.17. The predicted molar refractivity (Wildman–Crippen MR) is 94.2 cm³/mol. The number of hydrogen-bond acceptors (Lipinski definition) is 4. The monoisotopic (exact) mass is 351 g/mol. The maximum atomic E-state index is 12.4. The number of allylic oxidation sites excluding steroid dienone is 1. The van der Waals surface area contributed by atoms with Crippen LogP contribution < -0.4 is 15.5 Å². The van der Waals surface area contributed by atoms with Gasteiger partial charge in [-0.3, -0.25) is 0 Å². The van der Waals surface area contributed by atoms with E-state index in [4.69, 9.17) is 16.3 Å². The van der Waals surface area contributed by atoms with Crippen molar-refractivity contribution in [2.45, 2.75) is 19.4 Å². The quantitative estimate of drug-likeness (QED) is 0.469. The first kappa shape index (κ1) is 18.1. The molecule has 24 heavy (non-hydrogen) atoms. The third-order valence-electron chi connectivity index (χ3n) is 3.74. The van der Waals surface area contributed by atoms with Crippen LogP contribution in [0.3, 0.4) is 0 Å². The lowest BCUT2D eigenvalue weighted by atomic mass is 9.95. The van der Waals surface area contributed by atoms with Gasteiger partial charge in [0.1, 0.15) is 0 Å². The van der Waals surface area contributed by atoms with Crippen molar-refractivity contribution in [3.8, 4) is 0 Å². The molecule has 0 saturated carbocycles. The summed E-state index contributed by atoms with van der Waals surface area (Å²) in [6.45, 7) is 1.94. The lowest BCUT2D eigenvalue weighted by Crippen LogP contribution is -2.45. The van der Waals surface area contributed by atoms with Gasteiger partial charge in [-0.1, -0.05) is 12.1 Å². The second-order valence-electron chi connectivity index (χ2n) is 5.73. The van der Waals surface area contributed by atoms with Crippen molar-refractivity contribution in [1.29, 1.82) is 0 Å². The van der Waals surface area contributed by atoms with Gasteiger partial charge in [-0.05, 0) is 31.0 Å². The topological polar surface area (TPSA) is 70.7 Å². The number of benzene rings is 1. The van der Waals surface area contributed by atoms with Gasteiger partial charge in [0.2, 0.25) is 0 Å². The molecule has 1 aromatic rings. The number of urea groups is 1. The first-order chi connectivity index (χ1) is 11.4. The molecule has 0 bridgehead atoms. The Morgan fingerprint density at radius 1 is 1.29 bits per heavy atom. The van der Waals surface area contributed by atoms with Gasteiger partial charge in [0.15, 0.2) is 0 Å².